The number of unbranched alkanes of at least 4 members (excludes halogenated alkanes) is 1. The van der Waals surface area contributed by atoms with E-state index in [1.54, 1.807) is 0 Å². The zero-order valence-corrected chi connectivity index (χ0v) is 27.2. The molecule has 3 aliphatic rings. The Kier molecular flexibility index (Phi) is 8.24. The molecule has 1 atom stereocenters. The largest absolute Gasteiger partial charge is 0.389 e. The minimum Gasteiger partial charge on any atom is -0.389 e. The number of fused-ring (bicyclic) bond motifs is 1. The number of likely N-dealkylation sites (tertiary alicyclic amines) is 1. The molecule has 0 amide bonds. The maximum absolute atomic E-state index is 10.1. The SMILES string of the molecule is CCCCc1c(-c2nc(N3CCOC4(COC4)C3)c3cnn(CC4CCCN4C)c3n2)noc1-c1c(CCC)sc(N)c1C#N. The topological polar surface area (TPSA) is 144 Å². The van der Waals surface area contributed by atoms with Crippen molar-refractivity contribution in [2.45, 2.75) is 77.0 Å². The highest BCUT2D eigenvalue weighted by atomic mass is 32.1. The molecule has 0 aliphatic carbocycles. The summed E-state index contributed by atoms with van der Waals surface area (Å²) in [7, 11) is 2.18. The number of hydrogen-bond acceptors (Lipinski definition) is 12. The average Bonchev–Trinajstić information content (AvgIpc) is 3.81. The quantitative estimate of drug-likeness (QED) is 0.261. The van der Waals surface area contributed by atoms with E-state index in [2.05, 4.69) is 41.9 Å². The molecule has 4 aromatic heterocycles. The highest BCUT2D eigenvalue weighted by Crippen LogP contribution is 2.43. The third kappa shape index (κ3) is 5.37. The van der Waals surface area contributed by atoms with Crippen LogP contribution in [0.1, 0.15) is 62.0 Å². The Morgan fingerprint density at radius 3 is 2.76 bits per heavy atom. The zero-order chi connectivity index (χ0) is 31.1. The van der Waals surface area contributed by atoms with Crippen molar-refractivity contribution in [2.24, 2.45) is 0 Å². The van der Waals surface area contributed by atoms with E-state index >= 15 is 0 Å². The van der Waals surface area contributed by atoms with Gasteiger partial charge in [0.2, 0.25) is 0 Å². The van der Waals surface area contributed by atoms with Crippen molar-refractivity contribution >= 4 is 33.2 Å². The Labute approximate surface area is 267 Å². The third-order valence-corrected chi connectivity index (χ3v) is 10.5. The molecule has 3 fully saturated rings. The number of nitrogens with zero attached hydrogens (tertiary/aromatic N) is 8. The lowest BCUT2D eigenvalue weighted by molar-refractivity contribution is -0.211. The molecule has 3 aliphatic heterocycles. The van der Waals surface area contributed by atoms with Crippen LogP contribution in [0.15, 0.2) is 10.7 Å². The highest BCUT2D eigenvalue weighted by Gasteiger charge is 2.44. The molecule has 0 radical (unpaired) electrons. The van der Waals surface area contributed by atoms with Gasteiger partial charge in [-0.2, -0.15) is 10.4 Å². The zero-order valence-electron chi connectivity index (χ0n) is 26.3. The van der Waals surface area contributed by atoms with Gasteiger partial charge in [0.05, 0.1) is 55.6 Å². The van der Waals surface area contributed by atoms with Crippen molar-refractivity contribution in [3.63, 3.8) is 0 Å². The third-order valence-electron chi connectivity index (χ3n) is 9.41. The molecule has 7 heterocycles. The number of anilines is 2. The van der Waals surface area contributed by atoms with Crippen LogP contribution in [0.2, 0.25) is 0 Å². The Morgan fingerprint density at radius 1 is 1.18 bits per heavy atom. The van der Waals surface area contributed by atoms with Crippen LogP contribution >= 0.6 is 11.3 Å². The number of aromatic nitrogens is 5. The van der Waals surface area contributed by atoms with E-state index in [4.69, 9.17) is 34.8 Å². The summed E-state index contributed by atoms with van der Waals surface area (Å²) in [6.07, 6.45) is 8.60. The van der Waals surface area contributed by atoms with Crippen LogP contribution in [0.4, 0.5) is 10.8 Å². The number of morpholine rings is 1. The van der Waals surface area contributed by atoms with Crippen molar-refractivity contribution in [3.8, 4) is 28.9 Å². The lowest BCUT2D eigenvalue weighted by Gasteiger charge is -2.48. The molecule has 45 heavy (non-hydrogen) atoms. The molecule has 1 spiro atoms. The predicted molar refractivity (Wildman–Crippen MR) is 173 cm³/mol. The number of hydrogen-bond donors (Lipinski definition) is 1. The molecule has 13 heteroatoms. The molecular weight excluding hydrogens is 590 g/mol. The number of thiophene rings is 1. The summed E-state index contributed by atoms with van der Waals surface area (Å²) in [5.74, 6) is 1.93. The molecule has 1 unspecified atom stereocenters. The summed E-state index contributed by atoms with van der Waals surface area (Å²) < 4.78 is 19.9. The summed E-state index contributed by atoms with van der Waals surface area (Å²) in [6, 6.07) is 2.73. The first kappa shape index (κ1) is 30.1. The molecule has 3 saturated heterocycles. The average molecular weight is 632 g/mol. The number of likely N-dealkylation sites (N-methyl/N-ethyl adjacent to an activating group) is 1. The van der Waals surface area contributed by atoms with E-state index in [9.17, 15) is 5.26 Å². The minimum absolute atomic E-state index is 0.312. The van der Waals surface area contributed by atoms with Gasteiger partial charge in [-0.1, -0.05) is 31.8 Å². The monoisotopic (exact) mass is 631 g/mol. The van der Waals surface area contributed by atoms with Crippen molar-refractivity contribution in [3.05, 3.63) is 22.2 Å². The van der Waals surface area contributed by atoms with Crippen molar-refractivity contribution < 1.29 is 14.0 Å². The summed E-state index contributed by atoms with van der Waals surface area (Å²) in [5, 5.41) is 21.0. The molecule has 12 nitrogen and oxygen atoms in total. The summed E-state index contributed by atoms with van der Waals surface area (Å²) in [6.45, 7) is 9.27. The highest BCUT2D eigenvalue weighted by molar-refractivity contribution is 7.16. The smallest absolute Gasteiger partial charge is 0.186 e. The van der Waals surface area contributed by atoms with Gasteiger partial charge in [-0.3, -0.25) is 0 Å². The second kappa shape index (κ2) is 12.3. The van der Waals surface area contributed by atoms with E-state index in [0.29, 0.717) is 66.8 Å². The summed E-state index contributed by atoms with van der Waals surface area (Å²) >= 11 is 1.46. The molecule has 7 rings (SSSR count). The molecule has 2 N–H and O–H groups in total. The number of rotatable bonds is 10. The molecule has 0 aromatic carbocycles. The van der Waals surface area contributed by atoms with Gasteiger partial charge in [-0.05, 0) is 45.7 Å². The van der Waals surface area contributed by atoms with Crippen LogP contribution in [0.25, 0.3) is 33.9 Å². The Bertz CT molecular complexity index is 1730. The number of ether oxygens (including phenoxy) is 2. The van der Waals surface area contributed by atoms with Gasteiger partial charge < -0.3 is 29.5 Å². The molecule has 0 bridgehead atoms. The van der Waals surface area contributed by atoms with Crippen molar-refractivity contribution in [1.82, 2.24) is 29.8 Å². The van der Waals surface area contributed by atoms with Gasteiger partial charge in [0.1, 0.15) is 22.5 Å². The fourth-order valence-corrected chi connectivity index (χ4v) is 8.00. The van der Waals surface area contributed by atoms with Gasteiger partial charge in [-0.25, -0.2) is 14.6 Å². The molecule has 4 aromatic rings. The number of nitriles is 1. The van der Waals surface area contributed by atoms with E-state index in [1.165, 1.54) is 17.8 Å². The van der Waals surface area contributed by atoms with Crippen LogP contribution in [0.3, 0.4) is 0 Å². The standard InChI is InChI=1S/C32H41N9O3S/c1-4-6-10-21-26(38-44-27(21)25-22(14-33)28(34)45-24(25)8-5-2)29-36-30(40-12-13-43-32(17-40)18-42-19-32)23-15-35-41(31(23)37-29)16-20-9-7-11-39(20)3/h15,20H,4-13,16-19,34H2,1-3H3. The summed E-state index contributed by atoms with van der Waals surface area (Å²) in [4.78, 5) is 16.1. The maximum atomic E-state index is 10.1. The number of aryl methyl sites for hydroxylation is 1. The fraction of sp³-hybridized carbons (Fsp3) is 0.594. The van der Waals surface area contributed by atoms with Crippen LogP contribution in [-0.4, -0.2) is 88.0 Å². The van der Waals surface area contributed by atoms with E-state index in [1.807, 2.05) is 10.9 Å². The van der Waals surface area contributed by atoms with Gasteiger partial charge >= 0.3 is 0 Å². The Morgan fingerprint density at radius 2 is 2.04 bits per heavy atom. The fourth-order valence-electron chi connectivity index (χ4n) is 6.88. The number of nitrogens with two attached hydrogens (primary N) is 1. The first-order valence-corrected chi connectivity index (χ1v) is 17.0. The first-order chi connectivity index (χ1) is 21.9. The lowest BCUT2D eigenvalue weighted by atomic mass is 9.98. The lowest BCUT2D eigenvalue weighted by Crippen LogP contribution is -2.63. The maximum Gasteiger partial charge on any atom is 0.186 e. The van der Waals surface area contributed by atoms with E-state index in [-0.39, 0.29) is 5.60 Å². The predicted octanol–water partition coefficient (Wildman–Crippen LogP) is 4.66. The minimum atomic E-state index is -0.312. The van der Waals surface area contributed by atoms with E-state index in [0.717, 1.165) is 84.5 Å². The van der Waals surface area contributed by atoms with Crippen LogP contribution in [0, 0.1) is 11.3 Å². The molecule has 0 saturated carbocycles. The van der Waals surface area contributed by atoms with Crippen molar-refractivity contribution in [2.75, 3.05) is 57.1 Å². The molecular formula is C32H41N9O3S. The number of nitrogen functional groups attached to an aromatic ring is 1. The van der Waals surface area contributed by atoms with Crippen molar-refractivity contribution in [1.29, 1.82) is 5.26 Å². The van der Waals surface area contributed by atoms with Crippen LogP contribution < -0.4 is 10.6 Å². The van der Waals surface area contributed by atoms with Crippen LogP contribution in [-0.2, 0) is 28.9 Å². The first-order valence-electron chi connectivity index (χ1n) is 16.2. The Balaban J connectivity index is 1.38. The van der Waals surface area contributed by atoms with Gasteiger partial charge in [-0.15, -0.1) is 11.3 Å². The second-order valence-electron chi connectivity index (χ2n) is 12.6. The van der Waals surface area contributed by atoms with Crippen LogP contribution in [0.5, 0.6) is 0 Å². The van der Waals surface area contributed by atoms with Gasteiger partial charge in [0.25, 0.3) is 0 Å². The van der Waals surface area contributed by atoms with Gasteiger partial charge in [0, 0.05) is 23.0 Å². The molecule has 238 valence electrons. The Hall–Kier alpha value is -3.57. The summed E-state index contributed by atoms with van der Waals surface area (Å²) in [5.41, 5.74) is 9.57. The normalized spacial score (nSPS) is 19.9. The van der Waals surface area contributed by atoms with E-state index < -0.39 is 0 Å². The van der Waals surface area contributed by atoms with Gasteiger partial charge in [0.15, 0.2) is 22.9 Å². The second-order valence-corrected chi connectivity index (χ2v) is 13.7.